The summed E-state index contributed by atoms with van der Waals surface area (Å²) in [5, 5.41) is 17.3. The Morgan fingerprint density at radius 1 is 0.746 bits per heavy atom. The monoisotopic (exact) mass is 858 g/mol. The summed E-state index contributed by atoms with van der Waals surface area (Å²) in [4.78, 5) is 73.8. The second-order valence-electron chi connectivity index (χ2n) is 18.9. The number of fused-ring (bicyclic) bond motifs is 4. The molecule has 4 aliphatic heterocycles. The van der Waals surface area contributed by atoms with Crippen LogP contribution in [0.1, 0.15) is 101 Å². The predicted molar refractivity (Wildman–Crippen MR) is 232 cm³/mol. The van der Waals surface area contributed by atoms with Crippen LogP contribution in [0.4, 0.5) is 9.59 Å². The molecule has 6 atom stereocenters. The van der Waals surface area contributed by atoms with Gasteiger partial charge in [0.2, 0.25) is 11.8 Å². The van der Waals surface area contributed by atoms with Crippen molar-refractivity contribution in [2.24, 2.45) is 11.8 Å². The molecule has 5 aromatic rings. The van der Waals surface area contributed by atoms with Crippen LogP contribution in [0, 0.1) is 11.8 Å². The number of nitrogens with one attached hydrogen (secondary N) is 4. The third-order valence-electron chi connectivity index (χ3n) is 14.9. The van der Waals surface area contributed by atoms with Crippen molar-refractivity contribution in [3.8, 4) is 11.1 Å². The molecule has 330 valence electrons. The molecular formula is C47H54N8O8. The van der Waals surface area contributed by atoms with Gasteiger partial charge < -0.3 is 49.7 Å². The number of rotatable bonds is 9. The molecule has 6 heterocycles. The highest BCUT2D eigenvalue weighted by Gasteiger charge is 2.53. The maximum atomic E-state index is 14.3. The quantitative estimate of drug-likeness (QED) is 0.104. The van der Waals surface area contributed by atoms with Crippen molar-refractivity contribution in [3.05, 3.63) is 60.2 Å². The average molecular weight is 859 g/mol. The molecule has 6 fully saturated rings. The van der Waals surface area contributed by atoms with Crippen molar-refractivity contribution < 1.29 is 38.5 Å². The lowest BCUT2D eigenvalue weighted by molar-refractivity contribution is -0.138. The van der Waals surface area contributed by atoms with E-state index >= 15 is 0 Å². The number of nitrogens with zero attached hydrogens (tertiary/aromatic N) is 4. The third kappa shape index (κ3) is 7.43. The second kappa shape index (κ2) is 15.5. The number of hydrogen-bond acceptors (Lipinski definition) is 9. The van der Waals surface area contributed by atoms with Gasteiger partial charge in [-0.3, -0.25) is 9.59 Å². The fourth-order valence-electron chi connectivity index (χ4n) is 11.3. The number of benzene rings is 3. The molecule has 11 rings (SSSR count). The summed E-state index contributed by atoms with van der Waals surface area (Å²) >= 11 is 0. The molecule has 16 heteroatoms. The zero-order valence-corrected chi connectivity index (χ0v) is 35.5. The zero-order valence-electron chi connectivity index (χ0n) is 35.5. The predicted octanol–water partition coefficient (Wildman–Crippen LogP) is 6.87. The van der Waals surface area contributed by atoms with Gasteiger partial charge in [-0.05, 0) is 130 Å². The number of aromatic amines is 2. The van der Waals surface area contributed by atoms with Crippen molar-refractivity contribution in [1.29, 1.82) is 0 Å². The van der Waals surface area contributed by atoms with E-state index in [1.165, 1.54) is 7.11 Å². The number of imidazole rings is 2. The van der Waals surface area contributed by atoms with Crippen LogP contribution in [-0.2, 0) is 23.8 Å². The van der Waals surface area contributed by atoms with Gasteiger partial charge in [-0.15, -0.1) is 0 Å². The molecule has 4 amide bonds. The minimum atomic E-state index is -1.19. The molecule has 4 unspecified atom stereocenters. The molecule has 63 heavy (non-hydrogen) atoms. The molecule has 16 nitrogen and oxygen atoms in total. The number of hydrogen-bond donors (Lipinski definition) is 5. The van der Waals surface area contributed by atoms with E-state index in [0.29, 0.717) is 51.4 Å². The second-order valence-corrected chi connectivity index (χ2v) is 18.9. The Bertz CT molecular complexity index is 2630. The van der Waals surface area contributed by atoms with E-state index in [1.54, 1.807) is 0 Å². The van der Waals surface area contributed by atoms with Crippen LogP contribution < -0.4 is 10.6 Å². The summed E-state index contributed by atoms with van der Waals surface area (Å²) in [6.45, 7) is 2.25. The van der Waals surface area contributed by atoms with Gasteiger partial charge in [-0.25, -0.2) is 19.6 Å². The van der Waals surface area contributed by atoms with Crippen LogP contribution in [0.5, 0.6) is 0 Å². The average Bonchev–Trinajstić information content (AvgIpc) is 3.82. The summed E-state index contributed by atoms with van der Waals surface area (Å²) in [6, 6.07) is 14.6. The lowest BCUT2D eigenvalue weighted by atomic mass is 9.86. The standard InChI is InChI=1S/C47H54N8O8/c1-61-45(60)53-38(30-13-21-63-47(25-30)16-17-47)43(57)54-18-2-4-35(54)40-48-32-10-7-27(23-34(32)50-40)26-6-9-31-28(22-26)8-11-33-39(31)51-41(49-33)36-5-3-19-55(36)42(56)37(52-44(58)59)29-12-20-62-46(24-29)14-15-46/h6-11,22-23,29-30,35-38,52H,2-5,12-21,24-25H2,1H3,(H,48,50)(H,49,51)(H,53,60)(H,58,59)/t29?,30?,35-,36-,37?,38?/m0/s1. The molecular weight excluding hydrogens is 805 g/mol. The molecule has 3 aromatic carbocycles. The van der Waals surface area contributed by atoms with Crippen molar-refractivity contribution >= 4 is 56.8 Å². The Balaban J connectivity index is 0.825. The van der Waals surface area contributed by atoms with Crippen LogP contribution in [0.15, 0.2) is 48.5 Å². The highest BCUT2D eigenvalue weighted by Crippen LogP contribution is 2.50. The van der Waals surface area contributed by atoms with Crippen LogP contribution in [0.2, 0.25) is 0 Å². The summed E-state index contributed by atoms with van der Waals surface area (Å²) in [7, 11) is 1.32. The Morgan fingerprint density at radius 2 is 1.33 bits per heavy atom. The van der Waals surface area contributed by atoms with Gasteiger partial charge in [0.15, 0.2) is 0 Å². The zero-order chi connectivity index (χ0) is 43.0. The van der Waals surface area contributed by atoms with Crippen LogP contribution >= 0.6 is 0 Å². The number of methoxy groups -OCH3 is 1. The fourth-order valence-corrected chi connectivity index (χ4v) is 11.3. The van der Waals surface area contributed by atoms with Crippen molar-refractivity contribution in [3.63, 3.8) is 0 Å². The number of carbonyl (C=O) groups is 4. The SMILES string of the molecule is COC(=O)NC(C(=O)N1CCC[C@H]1c1nc2cc(-c3ccc4c(ccc5nc([C@@H]6CCCN6C(=O)C(NC(=O)O)C6CCOC7(CC7)C6)[nH]c54)c3)ccc2[nH]1)C1CCOC2(CC2)C1. The van der Waals surface area contributed by atoms with Crippen molar-refractivity contribution in [2.45, 2.75) is 112 Å². The minimum Gasteiger partial charge on any atom is -0.465 e. The van der Waals surface area contributed by atoms with Gasteiger partial charge in [0.25, 0.3) is 0 Å². The third-order valence-corrected chi connectivity index (χ3v) is 14.9. The maximum absolute atomic E-state index is 14.3. The molecule has 0 radical (unpaired) electrons. The summed E-state index contributed by atoms with van der Waals surface area (Å²) in [5.74, 6) is 1.00. The number of aromatic nitrogens is 4. The van der Waals surface area contributed by atoms with Gasteiger partial charge in [-0.1, -0.05) is 24.3 Å². The molecule has 2 saturated carbocycles. The minimum absolute atomic E-state index is 0.0334. The van der Waals surface area contributed by atoms with Crippen molar-refractivity contribution in [1.82, 2.24) is 40.4 Å². The number of amides is 4. The van der Waals surface area contributed by atoms with Gasteiger partial charge in [0, 0.05) is 31.7 Å². The lowest BCUT2D eigenvalue weighted by Crippen LogP contribution is -2.54. The molecule has 0 bridgehead atoms. The number of carboxylic acid groups (broad SMARTS) is 1. The van der Waals surface area contributed by atoms with Gasteiger partial charge >= 0.3 is 12.2 Å². The molecule has 6 aliphatic rings. The number of carbonyl (C=O) groups excluding carboxylic acids is 3. The Kier molecular flexibility index (Phi) is 9.86. The smallest absolute Gasteiger partial charge is 0.407 e. The van der Waals surface area contributed by atoms with E-state index in [2.05, 4.69) is 57.0 Å². The number of likely N-dealkylation sites (tertiary alicyclic amines) is 2. The number of H-pyrrole nitrogens is 2. The molecule has 4 saturated heterocycles. The summed E-state index contributed by atoms with van der Waals surface area (Å²) in [5.41, 5.74) is 5.08. The molecule has 2 spiro atoms. The first kappa shape index (κ1) is 40.1. The summed E-state index contributed by atoms with van der Waals surface area (Å²) in [6.07, 6.45) is 8.03. The maximum Gasteiger partial charge on any atom is 0.407 e. The van der Waals surface area contributed by atoms with E-state index in [9.17, 15) is 24.3 Å². The normalized spacial score (nSPS) is 25.7. The Morgan fingerprint density at radius 3 is 1.95 bits per heavy atom. The van der Waals surface area contributed by atoms with E-state index in [-0.39, 0.29) is 46.9 Å². The highest BCUT2D eigenvalue weighted by molar-refractivity contribution is 6.05. The first-order valence-electron chi connectivity index (χ1n) is 22.7. The van der Waals surface area contributed by atoms with E-state index in [1.807, 2.05) is 21.9 Å². The van der Waals surface area contributed by atoms with Crippen LogP contribution in [0.25, 0.3) is 44.0 Å². The number of alkyl carbamates (subject to hydrolysis) is 1. The first-order valence-corrected chi connectivity index (χ1v) is 22.7. The van der Waals surface area contributed by atoms with Gasteiger partial charge in [0.05, 0.1) is 52.5 Å². The molecule has 2 aromatic heterocycles. The highest BCUT2D eigenvalue weighted by atomic mass is 16.5. The van der Waals surface area contributed by atoms with Crippen LogP contribution in [-0.4, -0.2) is 116 Å². The van der Waals surface area contributed by atoms with E-state index < -0.39 is 24.3 Å². The van der Waals surface area contributed by atoms with Gasteiger partial charge in [-0.2, -0.15) is 0 Å². The lowest BCUT2D eigenvalue weighted by Gasteiger charge is -2.37. The first-order chi connectivity index (χ1) is 30.6. The van der Waals surface area contributed by atoms with E-state index in [4.69, 9.17) is 24.2 Å². The van der Waals surface area contributed by atoms with Crippen LogP contribution in [0.3, 0.4) is 0 Å². The Hall–Kier alpha value is -5.74. The topological polar surface area (TPSA) is 204 Å². The van der Waals surface area contributed by atoms with E-state index in [0.717, 1.165) is 108 Å². The van der Waals surface area contributed by atoms with Gasteiger partial charge in [0.1, 0.15) is 23.7 Å². The number of ether oxygens (including phenoxy) is 3. The fraction of sp³-hybridized carbons (Fsp3) is 0.532. The molecule has 2 aliphatic carbocycles. The summed E-state index contributed by atoms with van der Waals surface area (Å²) < 4.78 is 17.0. The van der Waals surface area contributed by atoms with Crippen molar-refractivity contribution in [2.75, 3.05) is 33.4 Å². The Labute approximate surface area is 363 Å². The molecule has 5 N–H and O–H groups in total. The largest absolute Gasteiger partial charge is 0.465 e.